The summed E-state index contributed by atoms with van der Waals surface area (Å²) in [5, 5.41) is 0. The van der Waals surface area contributed by atoms with Crippen molar-refractivity contribution in [2.45, 2.75) is 32.7 Å². The molecule has 0 amide bonds. The minimum atomic E-state index is -0.350. The number of imidazole rings is 1. The summed E-state index contributed by atoms with van der Waals surface area (Å²) in [6.07, 6.45) is 4.93. The zero-order valence-corrected chi connectivity index (χ0v) is 15.9. The molecule has 3 rings (SSSR count). The number of esters is 1. The molecule has 3 aromatic rings. The molecule has 130 valence electrons. The molecule has 25 heavy (non-hydrogen) atoms. The first-order valence-electron chi connectivity index (χ1n) is 8.31. The largest absolute Gasteiger partial charge is 0.465 e. The highest BCUT2D eigenvalue weighted by molar-refractivity contribution is 9.10. The Balaban J connectivity index is 1.96. The van der Waals surface area contributed by atoms with Gasteiger partial charge in [-0.05, 0) is 52.2 Å². The average molecular weight is 402 g/mol. The van der Waals surface area contributed by atoms with Gasteiger partial charge in [0, 0.05) is 17.1 Å². The van der Waals surface area contributed by atoms with Gasteiger partial charge < -0.3 is 9.30 Å². The van der Waals surface area contributed by atoms with Crippen molar-refractivity contribution >= 4 is 33.1 Å². The van der Waals surface area contributed by atoms with Crippen LogP contribution >= 0.6 is 15.9 Å². The van der Waals surface area contributed by atoms with Gasteiger partial charge in [0.05, 0.1) is 19.2 Å². The summed E-state index contributed by atoms with van der Waals surface area (Å²) in [7, 11) is 1.38. The zero-order chi connectivity index (χ0) is 17.8. The number of carbonyl (C=O) groups is 1. The van der Waals surface area contributed by atoms with Gasteiger partial charge in [0.15, 0.2) is 5.65 Å². The predicted octanol–water partition coefficient (Wildman–Crippen LogP) is 4.37. The van der Waals surface area contributed by atoms with Crippen molar-refractivity contribution in [2.75, 3.05) is 7.11 Å². The third-order valence-electron chi connectivity index (χ3n) is 4.12. The smallest absolute Gasteiger partial charge is 0.339 e. The molecule has 0 aliphatic carbocycles. The lowest BCUT2D eigenvalue weighted by Crippen LogP contribution is -2.07. The summed E-state index contributed by atoms with van der Waals surface area (Å²) in [6, 6.07) is 9.57. The molecule has 6 heteroatoms. The summed E-state index contributed by atoms with van der Waals surface area (Å²) in [6.45, 7) is 2.83. The van der Waals surface area contributed by atoms with Crippen molar-refractivity contribution < 1.29 is 9.53 Å². The van der Waals surface area contributed by atoms with Gasteiger partial charge in [0.1, 0.15) is 11.3 Å². The zero-order valence-electron chi connectivity index (χ0n) is 14.3. The van der Waals surface area contributed by atoms with Gasteiger partial charge in [0.2, 0.25) is 0 Å². The van der Waals surface area contributed by atoms with Crippen LogP contribution in [0.15, 0.2) is 41.0 Å². The minimum Gasteiger partial charge on any atom is -0.465 e. The number of aryl methyl sites for hydroxylation is 1. The Labute approximate surface area is 155 Å². The van der Waals surface area contributed by atoms with Crippen molar-refractivity contribution in [3.8, 4) is 0 Å². The number of halogens is 1. The number of pyridine rings is 1. The Hall–Kier alpha value is -2.21. The lowest BCUT2D eigenvalue weighted by atomic mass is 10.1. The monoisotopic (exact) mass is 401 g/mol. The summed E-state index contributed by atoms with van der Waals surface area (Å²) in [5.41, 5.74) is 3.40. The van der Waals surface area contributed by atoms with Crippen LogP contribution in [0.1, 0.15) is 41.5 Å². The van der Waals surface area contributed by atoms with Crippen LogP contribution in [0.3, 0.4) is 0 Å². The SMILES string of the molecule is CCCCc1nc2cccnc2n1Cc1ccc(C(=O)OC)c(Br)c1. The number of hydrogen-bond acceptors (Lipinski definition) is 4. The van der Waals surface area contributed by atoms with Crippen LogP contribution in [-0.2, 0) is 17.7 Å². The fraction of sp³-hybridized carbons (Fsp3) is 0.316. The van der Waals surface area contributed by atoms with Crippen LogP contribution < -0.4 is 0 Å². The predicted molar refractivity (Wildman–Crippen MR) is 101 cm³/mol. The Morgan fingerprint density at radius 1 is 1.32 bits per heavy atom. The standard InChI is InChI=1S/C19H20BrN3O2/c1-3-4-7-17-22-16-6-5-10-21-18(16)23(17)12-13-8-9-14(15(20)11-13)19(24)25-2/h5-6,8-11H,3-4,7,12H2,1-2H3. The molecule has 0 unspecified atom stereocenters. The van der Waals surface area contributed by atoms with E-state index in [1.54, 1.807) is 12.3 Å². The number of rotatable bonds is 6. The van der Waals surface area contributed by atoms with Gasteiger partial charge >= 0.3 is 5.97 Å². The number of benzene rings is 1. The first kappa shape index (κ1) is 17.6. The first-order chi connectivity index (χ1) is 12.1. The van der Waals surface area contributed by atoms with E-state index in [1.807, 2.05) is 24.3 Å². The lowest BCUT2D eigenvalue weighted by Gasteiger charge is -2.10. The van der Waals surface area contributed by atoms with Crippen LogP contribution in [0, 0.1) is 0 Å². The molecule has 2 aromatic heterocycles. The molecule has 0 aliphatic heterocycles. The Morgan fingerprint density at radius 2 is 2.16 bits per heavy atom. The molecule has 2 heterocycles. The number of hydrogen-bond donors (Lipinski definition) is 0. The third kappa shape index (κ3) is 3.74. The summed E-state index contributed by atoms with van der Waals surface area (Å²) >= 11 is 3.46. The fourth-order valence-electron chi connectivity index (χ4n) is 2.81. The van der Waals surface area contributed by atoms with Crippen LogP contribution in [-0.4, -0.2) is 27.6 Å². The maximum Gasteiger partial charge on any atom is 0.339 e. The molecule has 5 nitrogen and oxygen atoms in total. The molecular formula is C19H20BrN3O2. The van der Waals surface area contributed by atoms with E-state index < -0.39 is 0 Å². The van der Waals surface area contributed by atoms with Gasteiger partial charge in [-0.2, -0.15) is 0 Å². The maximum absolute atomic E-state index is 11.7. The van der Waals surface area contributed by atoms with Crippen molar-refractivity contribution in [3.05, 3.63) is 58.0 Å². The molecule has 0 atom stereocenters. The minimum absolute atomic E-state index is 0.350. The van der Waals surface area contributed by atoms with E-state index >= 15 is 0 Å². The highest BCUT2D eigenvalue weighted by Crippen LogP contribution is 2.22. The van der Waals surface area contributed by atoms with E-state index in [2.05, 4.69) is 32.4 Å². The number of aromatic nitrogens is 3. The number of methoxy groups -OCH3 is 1. The van der Waals surface area contributed by atoms with Crippen molar-refractivity contribution in [1.29, 1.82) is 0 Å². The van der Waals surface area contributed by atoms with E-state index in [0.717, 1.165) is 46.3 Å². The molecular weight excluding hydrogens is 382 g/mol. The van der Waals surface area contributed by atoms with Crippen LogP contribution in [0.5, 0.6) is 0 Å². The summed E-state index contributed by atoms with van der Waals surface area (Å²) in [4.78, 5) is 21.0. The van der Waals surface area contributed by atoms with Gasteiger partial charge in [-0.3, -0.25) is 0 Å². The second kappa shape index (κ2) is 7.78. The number of ether oxygens (including phenoxy) is 1. The lowest BCUT2D eigenvalue weighted by molar-refractivity contribution is 0.0599. The number of fused-ring (bicyclic) bond motifs is 1. The fourth-order valence-corrected chi connectivity index (χ4v) is 3.40. The van der Waals surface area contributed by atoms with Crippen molar-refractivity contribution in [2.24, 2.45) is 0 Å². The number of unbranched alkanes of at least 4 members (excludes halogenated alkanes) is 1. The third-order valence-corrected chi connectivity index (χ3v) is 4.77. The van der Waals surface area contributed by atoms with E-state index in [4.69, 9.17) is 9.72 Å². The van der Waals surface area contributed by atoms with Gasteiger partial charge in [-0.15, -0.1) is 0 Å². The van der Waals surface area contributed by atoms with Crippen LogP contribution in [0.4, 0.5) is 0 Å². The van der Waals surface area contributed by atoms with Gasteiger partial charge in [-0.1, -0.05) is 19.4 Å². The van der Waals surface area contributed by atoms with Crippen LogP contribution in [0.25, 0.3) is 11.2 Å². The van der Waals surface area contributed by atoms with E-state index in [9.17, 15) is 4.79 Å². The topological polar surface area (TPSA) is 57.0 Å². The molecule has 0 saturated heterocycles. The maximum atomic E-state index is 11.7. The summed E-state index contributed by atoms with van der Waals surface area (Å²) < 4.78 is 7.67. The summed E-state index contributed by atoms with van der Waals surface area (Å²) in [5.74, 6) is 0.695. The normalized spacial score (nSPS) is 11.0. The average Bonchev–Trinajstić information content (AvgIpc) is 2.97. The first-order valence-corrected chi connectivity index (χ1v) is 9.10. The number of carbonyl (C=O) groups excluding carboxylic acids is 1. The molecule has 0 aliphatic rings. The molecule has 0 radical (unpaired) electrons. The van der Waals surface area contributed by atoms with Crippen molar-refractivity contribution in [3.63, 3.8) is 0 Å². The van der Waals surface area contributed by atoms with Gasteiger partial charge in [-0.25, -0.2) is 14.8 Å². The molecule has 0 spiro atoms. The van der Waals surface area contributed by atoms with E-state index in [-0.39, 0.29) is 5.97 Å². The molecule has 0 N–H and O–H groups in total. The highest BCUT2D eigenvalue weighted by Gasteiger charge is 2.14. The Morgan fingerprint density at radius 3 is 2.88 bits per heavy atom. The highest BCUT2D eigenvalue weighted by atomic mass is 79.9. The Kier molecular flexibility index (Phi) is 5.48. The second-order valence-electron chi connectivity index (χ2n) is 5.87. The molecule has 0 fully saturated rings. The second-order valence-corrected chi connectivity index (χ2v) is 6.72. The van der Waals surface area contributed by atoms with E-state index in [0.29, 0.717) is 12.1 Å². The molecule has 0 saturated carbocycles. The molecule has 1 aromatic carbocycles. The van der Waals surface area contributed by atoms with Gasteiger partial charge in [0.25, 0.3) is 0 Å². The van der Waals surface area contributed by atoms with Crippen molar-refractivity contribution in [1.82, 2.24) is 14.5 Å². The quantitative estimate of drug-likeness (QED) is 0.575. The van der Waals surface area contributed by atoms with Crippen LogP contribution in [0.2, 0.25) is 0 Å². The number of nitrogens with zero attached hydrogens (tertiary/aromatic N) is 3. The Bertz CT molecular complexity index is 905. The molecule has 0 bridgehead atoms. The van der Waals surface area contributed by atoms with E-state index in [1.165, 1.54) is 7.11 Å².